The number of halogens is 1. The van der Waals surface area contributed by atoms with Crippen molar-refractivity contribution < 1.29 is 14.5 Å². The minimum Gasteiger partial charge on any atom is -0.466 e. The lowest BCUT2D eigenvalue weighted by atomic mass is 10.0. The van der Waals surface area contributed by atoms with Gasteiger partial charge in [0.15, 0.2) is 0 Å². The van der Waals surface area contributed by atoms with Crippen LogP contribution in [0.15, 0.2) is 36.4 Å². The van der Waals surface area contributed by atoms with Crippen LogP contribution in [0.25, 0.3) is 0 Å². The lowest BCUT2D eigenvalue weighted by Gasteiger charge is -2.13. The third-order valence-corrected chi connectivity index (χ3v) is 3.95. The minimum atomic E-state index is -0.589. The van der Waals surface area contributed by atoms with Crippen molar-refractivity contribution in [1.82, 2.24) is 0 Å². The van der Waals surface area contributed by atoms with E-state index in [1.165, 1.54) is 12.1 Å². The molecular weight excluding hydrogens is 346 g/mol. The fourth-order valence-electron chi connectivity index (χ4n) is 2.24. The van der Waals surface area contributed by atoms with Gasteiger partial charge in [0.05, 0.1) is 28.8 Å². The first-order chi connectivity index (χ1) is 11.8. The second-order valence-corrected chi connectivity index (χ2v) is 5.78. The van der Waals surface area contributed by atoms with Gasteiger partial charge in [0.25, 0.3) is 5.69 Å². The van der Waals surface area contributed by atoms with Gasteiger partial charge in [0, 0.05) is 11.8 Å². The summed E-state index contributed by atoms with van der Waals surface area (Å²) in [6, 6.07) is 9.77. The zero-order valence-electron chi connectivity index (χ0n) is 13.8. The molecule has 2 rings (SSSR count). The third-order valence-electron chi connectivity index (χ3n) is 3.65. The van der Waals surface area contributed by atoms with Crippen LogP contribution in [0, 0.1) is 10.1 Å². The van der Waals surface area contributed by atoms with Crippen molar-refractivity contribution in [2.45, 2.75) is 19.8 Å². The predicted molar refractivity (Wildman–Crippen MR) is 97.3 cm³/mol. The standard InChI is InChI=1S/C17H18ClN3O4/c1-3-25-17(22)10(2)11-4-6-12(7-5-11)20-15-8-13(18)16(21(23)24)9-14(15)19/h4-10,20H,3,19H2,1-2H3. The number of carbonyl (C=O) groups is 1. The molecule has 8 heteroatoms. The van der Waals surface area contributed by atoms with Crippen LogP contribution >= 0.6 is 11.6 Å². The fourth-order valence-corrected chi connectivity index (χ4v) is 2.47. The number of nitrogens with one attached hydrogen (secondary N) is 1. The lowest BCUT2D eigenvalue weighted by molar-refractivity contribution is -0.384. The molecule has 0 radical (unpaired) electrons. The van der Waals surface area contributed by atoms with E-state index in [0.29, 0.717) is 18.0 Å². The van der Waals surface area contributed by atoms with E-state index in [-0.39, 0.29) is 28.3 Å². The molecule has 2 aromatic carbocycles. The summed E-state index contributed by atoms with van der Waals surface area (Å²) in [5.41, 5.74) is 7.79. The van der Waals surface area contributed by atoms with Crippen LogP contribution in [-0.4, -0.2) is 17.5 Å². The Morgan fingerprint density at radius 3 is 2.56 bits per heavy atom. The first kappa shape index (κ1) is 18.5. The monoisotopic (exact) mass is 363 g/mol. The number of benzene rings is 2. The van der Waals surface area contributed by atoms with Crippen molar-refractivity contribution in [1.29, 1.82) is 0 Å². The van der Waals surface area contributed by atoms with Crippen LogP contribution < -0.4 is 11.1 Å². The minimum absolute atomic E-state index is 0.00532. The fraction of sp³-hybridized carbons (Fsp3) is 0.235. The Morgan fingerprint density at radius 1 is 1.36 bits per heavy atom. The molecule has 0 heterocycles. The Bertz CT molecular complexity index is 793. The molecule has 0 saturated heterocycles. The summed E-state index contributed by atoms with van der Waals surface area (Å²) in [6.45, 7) is 3.87. The van der Waals surface area contributed by atoms with Gasteiger partial charge in [0.2, 0.25) is 0 Å². The summed E-state index contributed by atoms with van der Waals surface area (Å²) in [5, 5.41) is 13.9. The Kier molecular flexibility index (Phi) is 5.82. The maximum atomic E-state index is 11.8. The van der Waals surface area contributed by atoms with E-state index >= 15 is 0 Å². The Labute approximate surface area is 149 Å². The van der Waals surface area contributed by atoms with Crippen molar-refractivity contribution in [3.05, 3.63) is 57.1 Å². The Morgan fingerprint density at radius 2 is 2.00 bits per heavy atom. The Balaban J connectivity index is 2.18. The molecule has 0 aliphatic carbocycles. The highest BCUT2D eigenvalue weighted by Crippen LogP contribution is 2.34. The molecule has 0 aliphatic rings. The van der Waals surface area contributed by atoms with Crippen LogP contribution in [0.2, 0.25) is 5.02 Å². The zero-order valence-corrected chi connectivity index (χ0v) is 14.5. The normalized spacial score (nSPS) is 11.6. The number of anilines is 3. The predicted octanol–water partition coefficient (Wildman–Crippen LogP) is 4.24. The van der Waals surface area contributed by atoms with Crippen LogP contribution in [0.1, 0.15) is 25.3 Å². The van der Waals surface area contributed by atoms with E-state index in [1.807, 2.05) is 0 Å². The average molecular weight is 364 g/mol. The molecule has 3 N–H and O–H groups in total. The average Bonchev–Trinajstić information content (AvgIpc) is 2.57. The topological polar surface area (TPSA) is 107 Å². The molecule has 1 unspecified atom stereocenters. The number of hydrogen-bond acceptors (Lipinski definition) is 6. The van der Waals surface area contributed by atoms with Gasteiger partial charge in [-0.05, 0) is 37.6 Å². The van der Waals surface area contributed by atoms with E-state index in [0.717, 1.165) is 5.56 Å². The van der Waals surface area contributed by atoms with Crippen LogP contribution in [-0.2, 0) is 9.53 Å². The molecule has 0 fully saturated rings. The summed E-state index contributed by atoms with van der Waals surface area (Å²) in [5.74, 6) is -0.650. The van der Waals surface area contributed by atoms with Gasteiger partial charge in [-0.3, -0.25) is 14.9 Å². The summed E-state index contributed by atoms with van der Waals surface area (Å²) < 4.78 is 5.00. The molecule has 0 bridgehead atoms. The summed E-state index contributed by atoms with van der Waals surface area (Å²) in [6.07, 6.45) is 0. The molecule has 0 aliphatic heterocycles. The molecule has 132 valence electrons. The highest BCUT2D eigenvalue weighted by atomic mass is 35.5. The molecule has 1 atom stereocenters. The Hall–Kier alpha value is -2.80. The molecule has 0 spiro atoms. The van der Waals surface area contributed by atoms with Gasteiger partial charge in [-0.15, -0.1) is 0 Å². The number of nitro benzene ring substituents is 1. The lowest BCUT2D eigenvalue weighted by Crippen LogP contribution is -2.12. The first-order valence-electron chi connectivity index (χ1n) is 7.60. The van der Waals surface area contributed by atoms with Gasteiger partial charge in [-0.25, -0.2) is 0 Å². The molecular formula is C17H18ClN3O4. The molecule has 25 heavy (non-hydrogen) atoms. The molecule has 2 aromatic rings. The van der Waals surface area contributed by atoms with Gasteiger partial charge in [-0.1, -0.05) is 23.7 Å². The van der Waals surface area contributed by atoms with Crippen molar-refractivity contribution in [3.63, 3.8) is 0 Å². The number of esters is 1. The molecule has 7 nitrogen and oxygen atoms in total. The van der Waals surface area contributed by atoms with E-state index in [1.54, 1.807) is 38.1 Å². The highest BCUT2D eigenvalue weighted by Gasteiger charge is 2.17. The smallest absolute Gasteiger partial charge is 0.313 e. The second kappa shape index (κ2) is 7.85. The third kappa shape index (κ3) is 4.39. The van der Waals surface area contributed by atoms with E-state index in [4.69, 9.17) is 22.1 Å². The van der Waals surface area contributed by atoms with Gasteiger partial charge in [0.1, 0.15) is 5.02 Å². The van der Waals surface area contributed by atoms with Crippen molar-refractivity contribution in [2.24, 2.45) is 0 Å². The molecule has 0 amide bonds. The molecule has 0 saturated carbocycles. The van der Waals surface area contributed by atoms with Crippen LogP contribution in [0.5, 0.6) is 0 Å². The van der Waals surface area contributed by atoms with Gasteiger partial charge >= 0.3 is 5.97 Å². The first-order valence-corrected chi connectivity index (χ1v) is 7.98. The number of nitrogens with zero attached hydrogens (tertiary/aromatic N) is 1. The van der Waals surface area contributed by atoms with E-state index in [9.17, 15) is 14.9 Å². The summed E-state index contributed by atoms with van der Waals surface area (Å²) in [7, 11) is 0. The number of nitrogen functional groups attached to an aromatic ring is 1. The van der Waals surface area contributed by atoms with Crippen molar-refractivity contribution >= 4 is 40.3 Å². The largest absolute Gasteiger partial charge is 0.466 e. The van der Waals surface area contributed by atoms with Crippen LogP contribution in [0.4, 0.5) is 22.7 Å². The maximum Gasteiger partial charge on any atom is 0.313 e. The van der Waals surface area contributed by atoms with Gasteiger partial charge < -0.3 is 15.8 Å². The molecule has 0 aromatic heterocycles. The van der Waals surface area contributed by atoms with Crippen molar-refractivity contribution in [3.8, 4) is 0 Å². The summed E-state index contributed by atoms with van der Waals surface area (Å²) >= 11 is 5.91. The van der Waals surface area contributed by atoms with Crippen molar-refractivity contribution in [2.75, 3.05) is 17.7 Å². The second-order valence-electron chi connectivity index (χ2n) is 5.37. The maximum absolute atomic E-state index is 11.8. The van der Waals surface area contributed by atoms with E-state index in [2.05, 4.69) is 5.32 Å². The van der Waals surface area contributed by atoms with E-state index < -0.39 is 4.92 Å². The van der Waals surface area contributed by atoms with Crippen LogP contribution in [0.3, 0.4) is 0 Å². The van der Waals surface area contributed by atoms with Gasteiger partial charge in [-0.2, -0.15) is 0 Å². The number of carbonyl (C=O) groups excluding carboxylic acids is 1. The zero-order chi connectivity index (χ0) is 18.6. The quantitative estimate of drug-likeness (QED) is 0.344. The number of ether oxygens (including phenoxy) is 1. The summed E-state index contributed by atoms with van der Waals surface area (Å²) in [4.78, 5) is 22.0. The SMILES string of the molecule is CCOC(=O)C(C)c1ccc(Nc2cc(Cl)c([N+](=O)[O-])cc2N)cc1. The number of nitro groups is 1. The number of hydrogen-bond donors (Lipinski definition) is 2. The number of rotatable bonds is 6. The highest BCUT2D eigenvalue weighted by molar-refractivity contribution is 6.33. The number of nitrogens with two attached hydrogens (primary N) is 1.